The predicted octanol–water partition coefficient (Wildman–Crippen LogP) is 1.37. The summed E-state index contributed by atoms with van der Waals surface area (Å²) in [6, 6.07) is 3.85. The topological polar surface area (TPSA) is 107 Å². The number of aliphatic carboxylic acids is 1. The maximum absolute atomic E-state index is 12.1. The van der Waals surface area contributed by atoms with E-state index in [0.717, 1.165) is 47.4 Å². The zero-order chi connectivity index (χ0) is 20.3. The van der Waals surface area contributed by atoms with Crippen LogP contribution in [0.2, 0.25) is 0 Å². The molecular weight excluding hydrogens is 360 g/mol. The number of carboxylic acids is 1. The number of pyridine rings is 2. The number of carboxylic acid groups (broad SMARTS) is 1. The standard InChI is InChI=1S/C20H24N4O4/c1-14-10-17(15-11-21-8-6-16(15)22-14)24-9-3-7-20(28,13-24)12-23(2)18(25)4-5-19(26)27/h4-6,8,10-11,28H,3,7,9,12-13H2,1-2H3,(H,26,27)/b5-4+. The molecule has 28 heavy (non-hydrogen) atoms. The van der Waals surface area contributed by atoms with E-state index in [9.17, 15) is 14.7 Å². The Kier molecular flexibility index (Phi) is 5.60. The molecule has 148 valence electrons. The Labute approximate surface area is 163 Å². The highest BCUT2D eigenvalue weighted by Crippen LogP contribution is 2.31. The number of aliphatic hydroxyl groups is 1. The number of anilines is 1. The van der Waals surface area contributed by atoms with Gasteiger partial charge in [0.05, 0.1) is 17.7 Å². The van der Waals surface area contributed by atoms with Gasteiger partial charge in [-0.2, -0.15) is 0 Å². The van der Waals surface area contributed by atoms with Gasteiger partial charge in [-0.3, -0.25) is 14.8 Å². The van der Waals surface area contributed by atoms with Crippen LogP contribution in [-0.4, -0.2) is 69.2 Å². The largest absolute Gasteiger partial charge is 0.478 e. The van der Waals surface area contributed by atoms with E-state index in [2.05, 4.69) is 14.9 Å². The number of carbonyl (C=O) groups excluding carboxylic acids is 1. The van der Waals surface area contributed by atoms with Crippen molar-refractivity contribution >= 4 is 28.5 Å². The number of aromatic nitrogens is 2. The first-order valence-electron chi connectivity index (χ1n) is 9.12. The Hall–Kier alpha value is -3.00. The third kappa shape index (κ3) is 4.45. The number of rotatable bonds is 5. The van der Waals surface area contributed by atoms with Gasteiger partial charge in [0.25, 0.3) is 0 Å². The Morgan fingerprint density at radius 3 is 2.93 bits per heavy atom. The number of amides is 1. The Morgan fingerprint density at radius 1 is 1.39 bits per heavy atom. The van der Waals surface area contributed by atoms with Gasteiger partial charge >= 0.3 is 5.97 Å². The first-order chi connectivity index (χ1) is 13.3. The smallest absolute Gasteiger partial charge is 0.328 e. The lowest BCUT2D eigenvalue weighted by Crippen LogP contribution is -2.54. The second-order valence-electron chi connectivity index (χ2n) is 7.29. The van der Waals surface area contributed by atoms with Crippen molar-refractivity contribution in [2.75, 3.05) is 31.6 Å². The van der Waals surface area contributed by atoms with Gasteiger partial charge in [-0.25, -0.2) is 4.79 Å². The number of aryl methyl sites for hydroxylation is 1. The van der Waals surface area contributed by atoms with E-state index in [1.165, 1.54) is 4.90 Å². The molecule has 3 heterocycles. The van der Waals surface area contributed by atoms with Crippen LogP contribution in [0.1, 0.15) is 18.5 Å². The summed E-state index contributed by atoms with van der Waals surface area (Å²) in [6.45, 7) is 3.19. The van der Waals surface area contributed by atoms with Crippen molar-refractivity contribution in [1.82, 2.24) is 14.9 Å². The zero-order valence-electron chi connectivity index (χ0n) is 16.0. The molecule has 1 unspecified atom stereocenters. The molecule has 0 aromatic carbocycles. The van der Waals surface area contributed by atoms with Crippen molar-refractivity contribution in [3.05, 3.63) is 42.4 Å². The maximum Gasteiger partial charge on any atom is 0.328 e. The van der Waals surface area contributed by atoms with Crippen LogP contribution in [0.15, 0.2) is 36.7 Å². The van der Waals surface area contributed by atoms with Gasteiger partial charge in [-0.15, -0.1) is 0 Å². The predicted molar refractivity (Wildman–Crippen MR) is 105 cm³/mol. The number of β-amino-alcohol motifs (C(OH)–C–C–N with tert-alkyl or cyclic N) is 1. The van der Waals surface area contributed by atoms with Gasteiger partial charge in [0.2, 0.25) is 5.91 Å². The van der Waals surface area contributed by atoms with Gasteiger partial charge in [-0.1, -0.05) is 0 Å². The second-order valence-corrected chi connectivity index (χ2v) is 7.29. The molecule has 2 aromatic heterocycles. The van der Waals surface area contributed by atoms with Crippen LogP contribution in [0.5, 0.6) is 0 Å². The number of carbonyl (C=O) groups is 2. The molecule has 1 aliphatic rings. The van der Waals surface area contributed by atoms with Crippen LogP contribution >= 0.6 is 0 Å². The molecule has 0 saturated carbocycles. The van der Waals surface area contributed by atoms with Crippen molar-refractivity contribution in [3.63, 3.8) is 0 Å². The lowest BCUT2D eigenvalue weighted by molar-refractivity contribution is -0.132. The lowest BCUT2D eigenvalue weighted by Gasteiger charge is -2.42. The summed E-state index contributed by atoms with van der Waals surface area (Å²) in [7, 11) is 1.56. The van der Waals surface area contributed by atoms with Crippen molar-refractivity contribution in [2.24, 2.45) is 0 Å². The van der Waals surface area contributed by atoms with Crippen LogP contribution in [-0.2, 0) is 9.59 Å². The molecule has 0 aliphatic carbocycles. The molecule has 1 atom stereocenters. The van der Waals surface area contributed by atoms with Crippen molar-refractivity contribution in [3.8, 4) is 0 Å². The minimum atomic E-state index is -1.18. The lowest BCUT2D eigenvalue weighted by atomic mass is 9.91. The fourth-order valence-corrected chi connectivity index (χ4v) is 3.68. The number of nitrogens with zero attached hydrogens (tertiary/aromatic N) is 4. The molecule has 1 fully saturated rings. The molecule has 0 bridgehead atoms. The van der Waals surface area contributed by atoms with E-state index < -0.39 is 17.5 Å². The Balaban J connectivity index is 1.80. The highest BCUT2D eigenvalue weighted by atomic mass is 16.4. The van der Waals surface area contributed by atoms with E-state index in [1.807, 2.05) is 19.1 Å². The van der Waals surface area contributed by atoms with Crippen molar-refractivity contribution in [2.45, 2.75) is 25.4 Å². The number of likely N-dealkylation sites (N-methyl/N-ethyl adjacent to an activating group) is 1. The normalized spacial score (nSPS) is 19.9. The summed E-state index contributed by atoms with van der Waals surface area (Å²) in [5.41, 5.74) is 1.61. The summed E-state index contributed by atoms with van der Waals surface area (Å²) in [6.07, 6.45) is 6.61. The third-order valence-electron chi connectivity index (χ3n) is 4.89. The van der Waals surface area contributed by atoms with Crippen molar-refractivity contribution in [1.29, 1.82) is 0 Å². The van der Waals surface area contributed by atoms with Crippen LogP contribution in [0, 0.1) is 6.92 Å². The first kappa shape index (κ1) is 19.8. The average molecular weight is 384 g/mol. The van der Waals surface area contributed by atoms with Crippen LogP contribution < -0.4 is 4.90 Å². The molecule has 2 N–H and O–H groups in total. The molecule has 1 aliphatic heterocycles. The summed E-state index contributed by atoms with van der Waals surface area (Å²) in [4.78, 5) is 34.9. The van der Waals surface area contributed by atoms with Gasteiger partial charge in [0, 0.05) is 61.5 Å². The Morgan fingerprint density at radius 2 is 2.18 bits per heavy atom. The molecular formula is C20H24N4O4. The number of hydrogen-bond acceptors (Lipinski definition) is 6. The molecule has 8 nitrogen and oxygen atoms in total. The SMILES string of the molecule is Cc1cc(N2CCCC(O)(CN(C)C(=O)/C=C/C(=O)O)C2)c2cnccc2n1. The highest BCUT2D eigenvalue weighted by molar-refractivity contribution is 5.94. The van der Waals surface area contributed by atoms with E-state index in [4.69, 9.17) is 5.11 Å². The second kappa shape index (κ2) is 7.93. The molecule has 0 spiro atoms. The quantitative estimate of drug-likeness (QED) is 0.750. The van der Waals surface area contributed by atoms with E-state index in [0.29, 0.717) is 13.0 Å². The van der Waals surface area contributed by atoms with E-state index >= 15 is 0 Å². The van der Waals surface area contributed by atoms with Gasteiger partial charge in [0.1, 0.15) is 0 Å². The molecule has 2 aromatic rings. The van der Waals surface area contributed by atoms with E-state index in [-0.39, 0.29) is 6.54 Å². The molecule has 1 saturated heterocycles. The van der Waals surface area contributed by atoms with Crippen LogP contribution in [0.3, 0.4) is 0 Å². The number of piperidine rings is 1. The Bertz CT molecular complexity index is 930. The molecule has 0 radical (unpaired) electrons. The molecule has 8 heteroatoms. The van der Waals surface area contributed by atoms with Gasteiger partial charge in [0.15, 0.2) is 0 Å². The van der Waals surface area contributed by atoms with Gasteiger partial charge in [-0.05, 0) is 31.9 Å². The average Bonchev–Trinajstić information content (AvgIpc) is 2.64. The van der Waals surface area contributed by atoms with Crippen LogP contribution in [0.4, 0.5) is 5.69 Å². The number of hydrogen-bond donors (Lipinski definition) is 2. The zero-order valence-corrected chi connectivity index (χ0v) is 16.0. The van der Waals surface area contributed by atoms with Crippen molar-refractivity contribution < 1.29 is 19.8 Å². The minimum Gasteiger partial charge on any atom is -0.478 e. The number of fused-ring (bicyclic) bond motifs is 1. The highest BCUT2D eigenvalue weighted by Gasteiger charge is 2.35. The summed E-state index contributed by atoms with van der Waals surface area (Å²) >= 11 is 0. The summed E-state index contributed by atoms with van der Waals surface area (Å²) in [5, 5.41) is 20.7. The molecule has 1 amide bonds. The van der Waals surface area contributed by atoms with E-state index in [1.54, 1.807) is 19.4 Å². The van der Waals surface area contributed by atoms with Crippen LogP contribution in [0.25, 0.3) is 10.9 Å². The molecule has 3 rings (SSSR count). The monoisotopic (exact) mass is 384 g/mol. The minimum absolute atomic E-state index is 0.118. The maximum atomic E-state index is 12.1. The third-order valence-corrected chi connectivity index (χ3v) is 4.89. The van der Waals surface area contributed by atoms with Gasteiger partial charge < -0.3 is 20.0 Å². The first-order valence-corrected chi connectivity index (χ1v) is 9.12. The summed E-state index contributed by atoms with van der Waals surface area (Å²) in [5.74, 6) is -1.64. The fraction of sp³-hybridized carbons (Fsp3) is 0.400. The fourth-order valence-electron chi connectivity index (χ4n) is 3.68. The summed E-state index contributed by atoms with van der Waals surface area (Å²) < 4.78 is 0.